The molecule has 0 unspecified atom stereocenters. The third-order valence-electron chi connectivity index (χ3n) is 3.29. The number of nitrogens with zero attached hydrogens (tertiary/aromatic N) is 2. The molecule has 1 atom stereocenters. The van der Waals surface area contributed by atoms with E-state index in [1.165, 1.54) is 0 Å². The molecule has 1 aromatic rings. The average Bonchev–Trinajstić information content (AvgIpc) is 2.73. The van der Waals surface area contributed by atoms with Gasteiger partial charge in [0.05, 0.1) is 5.01 Å². The summed E-state index contributed by atoms with van der Waals surface area (Å²) in [6.45, 7) is 5.76. The Labute approximate surface area is 112 Å². The standard InChI is InChI=1S/C13H21N3OS/c1-9(2)12-15-11(8-18-12)13(17)16-6-3-4-10(14)5-7-16/h8-10H,3-7,14H2,1-2H3/t10-/m1/s1. The fourth-order valence-electron chi connectivity index (χ4n) is 2.14. The maximum absolute atomic E-state index is 12.3. The van der Waals surface area contributed by atoms with E-state index in [0.717, 1.165) is 37.4 Å². The van der Waals surface area contributed by atoms with Crippen LogP contribution in [0.25, 0.3) is 0 Å². The van der Waals surface area contributed by atoms with Gasteiger partial charge in [-0.2, -0.15) is 0 Å². The Hall–Kier alpha value is -0.940. The van der Waals surface area contributed by atoms with Crippen LogP contribution in [0.5, 0.6) is 0 Å². The number of hydrogen-bond acceptors (Lipinski definition) is 4. The maximum atomic E-state index is 12.3. The summed E-state index contributed by atoms with van der Waals surface area (Å²) in [4.78, 5) is 18.6. The fourth-order valence-corrected chi connectivity index (χ4v) is 2.95. The smallest absolute Gasteiger partial charge is 0.273 e. The zero-order chi connectivity index (χ0) is 13.1. The third kappa shape index (κ3) is 3.09. The molecule has 2 N–H and O–H groups in total. The highest BCUT2D eigenvalue weighted by Gasteiger charge is 2.22. The van der Waals surface area contributed by atoms with Crippen molar-refractivity contribution in [3.63, 3.8) is 0 Å². The van der Waals surface area contributed by atoms with Crippen molar-refractivity contribution < 1.29 is 4.79 Å². The van der Waals surface area contributed by atoms with E-state index in [1.807, 2.05) is 10.3 Å². The molecule has 1 aliphatic heterocycles. The number of hydrogen-bond donors (Lipinski definition) is 1. The Balaban J connectivity index is 2.05. The number of thiazole rings is 1. The van der Waals surface area contributed by atoms with Crippen LogP contribution in [0.2, 0.25) is 0 Å². The van der Waals surface area contributed by atoms with E-state index in [9.17, 15) is 4.79 Å². The Morgan fingerprint density at radius 1 is 1.50 bits per heavy atom. The van der Waals surface area contributed by atoms with E-state index in [0.29, 0.717) is 11.6 Å². The lowest BCUT2D eigenvalue weighted by Crippen LogP contribution is -2.33. The normalized spacial score (nSPS) is 21.1. The van der Waals surface area contributed by atoms with Crippen LogP contribution in [0.3, 0.4) is 0 Å². The summed E-state index contributed by atoms with van der Waals surface area (Å²) in [5, 5.41) is 2.91. The van der Waals surface area contributed by atoms with Gasteiger partial charge in [0.25, 0.3) is 5.91 Å². The van der Waals surface area contributed by atoms with Gasteiger partial charge in [-0.15, -0.1) is 11.3 Å². The largest absolute Gasteiger partial charge is 0.337 e. The molecule has 0 aromatic carbocycles. The minimum Gasteiger partial charge on any atom is -0.337 e. The average molecular weight is 267 g/mol. The van der Waals surface area contributed by atoms with Gasteiger partial charge in [-0.25, -0.2) is 4.98 Å². The lowest BCUT2D eigenvalue weighted by Gasteiger charge is -2.19. The van der Waals surface area contributed by atoms with Crippen LogP contribution in [0.1, 0.15) is 54.5 Å². The minimum atomic E-state index is 0.0623. The summed E-state index contributed by atoms with van der Waals surface area (Å²) in [5.74, 6) is 0.446. The number of rotatable bonds is 2. The number of nitrogens with two attached hydrogens (primary N) is 1. The molecule has 4 nitrogen and oxygen atoms in total. The molecule has 1 aromatic heterocycles. The number of carbonyl (C=O) groups is 1. The molecular formula is C13H21N3OS. The van der Waals surface area contributed by atoms with Gasteiger partial charge in [-0.1, -0.05) is 13.8 Å². The van der Waals surface area contributed by atoms with E-state index in [-0.39, 0.29) is 11.9 Å². The van der Waals surface area contributed by atoms with Gasteiger partial charge in [0.15, 0.2) is 0 Å². The van der Waals surface area contributed by atoms with Crippen molar-refractivity contribution >= 4 is 17.2 Å². The molecule has 0 aliphatic carbocycles. The van der Waals surface area contributed by atoms with Crippen LogP contribution in [-0.2, 0) is 0 Å². The van der Waals surface area contributed by atoms with Gasteiger partial charge in [-0.05, 0) is 19.3 Å². The lowest BCUT2D eigenvalue weighted by molar-refractivity contribution is 0.0756. The highest BCUT2D eigenvalue weighted by Crippen LogP contribution is 2.21. The molecule has 100 valence electrons. The predicted octanol–water partition coefficient (Wildman–Crippen LogP) is 2.22. The van der Waals surface area contributed by atoms with Crippen molar-refractivity contribution in [1.82, 2.24) is 9.88 Å². The third-order valence-corrected chi connectivity index (χ3v) is 4.44. The Kier molecular flexibility index (Phi) is 4.35. The van der Waals surface area contributed by atoms with Crippen molar-refractivity contribution in [2.24, 2.45) is 5.73 Å². The first-order valence-corrected chi connectivity index (χ1v) is 7.46. The Morgan fingerprint density at radius 2 is 2.28 bits per heavy atom. The first-order chi connectivity index (χ1) is 8.58. The molecule has 0 bridgehead atoms. The first kappa shape index (κ1) is 13.5. The van der Waals surface area contributed by atoms with E-state index < -0.39 is 0 Å². The highest BCUT2D eigenvalue weighted by atomic mass is 32.1. The van der Waals surface area contributed by atoms with Gasteiger partial charge >= 0.3 is 0 Å². The fraction of sp³-hybridized carbons (Fsp3) is 0.692. The van der Waals surface area contributed by atoms with Crippen molar-refractivity contribution in [3.05, 3.63) is 16.1 Å². The molecule has 0 spiro atoms. The zero-order valence-electron chi connectivity index (χ0n) is 11.1. The van der Waals surface area contributed by atoms with Crippen LogP contribution in [0.15, 0.2) is 5.38 Å². The van der Waals surface area contributed by atoms with Gasteiger partial charge < -0.3 is 10.6 Å². The predicted molar refractivity (Wildman–Crippen MR) is 73.9 cm³/mol. The van der Waals surface area contributed by atoms with Crippen LogP contribution in [-0.4, -0.2) is 34.9 Å². The molecule has 18 heavy (non-hydrogen) atoms. The quantitative estimate of drug-likeness (QED) is 0.894. The molecule has 1 amide bonds. The second kappa shape index (κ2) is 5.80. The Morgan fingerprint density at radius 3 is 2.94 bits per heavy atom. The number of aromatic nitrogens is 1. The molecule has 1 aliphatic rings. The number of carbonyl (C=O) groups excluding carboxylic acids is 1. The summed E-state index contributed by atoms with van der Waals surface area (Å²) in [7, 11) is 0. The molecule has 2 rings (SSSR count). The second-order valence-electron chi connectivity index (χ2n) is 5.21. The van der Waals surface area contributed by atoms with Crippen molar-refractivity contribution in [2.75, 3.05) is 13.1 Å². The minimum absolute atomic E-state index is 0.0623. The summed E-state index contributed by atoms with van der Waals surface area (Å²) in [5.41, 5.74) is 6.52. The number of amides is 1. The van der Waals surface area contributed by atoms with Crippen LogP contribution >= 0.6 is 11.3 Å². The van der Waals surface area contributed by atoms with Gasteiger partial charge in [0.1, 0.15) is 5.69 Å². The van der Waals surface area contributed by atoms with Gasteiger partial charge in [0.2, 0.25) is 0 Å². The maximum Gasteiger partial charge on any atom is 0.273 e. The lowest BCUT2D eigenvalue weighted by atomic mass is 10.1. The topological polar surface area (TPSA) is 59.2 Å². The number of likely N-dealkylation sites (tertiary alicyclic amines) is 1. The van der Waals surface area contributed by atoms with Crippen molar-refractivity contribution in [1.29, 1.82) is 0 Å². The molecular weight excluding hydrogens is 246 g/mol. The zero-order valence-corrected chi connectivity index (χ0v) is 11.9. The van der Waals surface area contributed by atoms with Gasteiger partial charge in [0, 0.05) is 30.4 Å². The monoisotopic (exact) mass is 267 g/mol. The SMILES string of the molecule is CC(C)c1nc(C(=O)N2CCC[C@@H](N)CC2)cs1. The van der Waals surface area contributed by atoms with Crippen molar-refractivity contribution in [3.8, 4) is 0 Å². The Bertz CT molecular complexity index is 416. The van der Waals surface area contributed by atoms with E-state index in [4.69, 9.17) is 5.73 Å². The molecule has 2 heterocycles. The molecule has 0 radical (unpaired) electrons. The molecule has 1 saturated heterocycles. The van der Waals surface area contributed by atoms with Crippen LogP contribution < -0.4 is 5.73 Å². The van der Waals surface area contributed by atoms with E-state index >= 15 is 0 Å². The summed E-state index contributed by atoms with van der Waals surface area (Å²) >= 11 is 1.57. The summed E-state index contributed by atoms with van der Waals surface area (Å²) in [6.07, 6.45) is 2.90. The molecule has 1 fully saturated rings. The summed E-state index contributed by atoms with van der Waals surface area (Å²) in [6, 6.07) is 0.240. The first-order valence-electron chi connectivity index (χ1n) is 6.58. The molecule has 0 saturated carbocycles. The summed E-state index contributed by atoms with van der Waals surface area (Å²) < 4.78 is 0. The van der Waals surface area contributed by atoms with Crippen LogP contribution in [0, 0.1) is 0 Å². The highest BCUT2D eigenvalue weighted by molar-refractivity contribution is 7.09. The van der Waals surface area contributed by atoms with Gasteiger partial charge in [-0.3, -0.25) is 4.79 Å². The molecule has 5 heteroatoms. The second-order valence-corrected chi connectivity index (χ2v) is 6.10. The van der Waals surface area contributed by atoms with Crippen molar-refractivity contribution in [2.45, 2.75) is 45.1 Å². The van der Waals surface area contributed by atoms with E-state index in [2.05, 4.69) is 18.8 Å². The van der Waals surface area contributed by atoms with E-state index in [1.54, 1.807) is 11.3 Å². The van der Waals surface area contributed by atoms with Crippen LogP contribution in [0.4, 0.5) is 0 Å².